The third-order valence-corrected chi connectivity index (χ3v) is 5.27. The van der Waals surface area contributed by atoms with E-state index in [1.165, 1.54) is 16.9 Å². The van der Waals surface area contributed by atoms with Crippen LogP contribution < -0.4 is 5.32 Å². The van der Waals surface area contributed by atoms with Crippen LogP contribution in [-0.2, 0) is 4.79 Å². The van der Waals surface area contributed by atoms with E-state index in [0.717, 1.165) is 29.2 Å². The fourth-order valence-electron chi connectivity index (χ4n) is 3.01. The minimum absolute atomic E-state index is 0.00927. The van der Waals surface area contributed by atoms with E-state index in [9.17, 15) is 9.59 Å². The molecule has 2 amide bonds. The predicted octanol–water partition coefficient (Wildman–Crippen LogP) is 2.76. The minimum Gasteiger partial charge on any atom is -0.335 e. The monoisotopic (exact) mass is 357 g/mol. The van der Waals surface area contributed by atoms with Crippen molar-refractivity contribution in [3.05, 3.63) is 51.7 Å². The second-order valence-electron chi connectivity index (χ2n) is 6.41. The molecule has 2 heterocycles. The maximum Gasteiger partial charge on any atom is 0.264 e. The van der Waals surface area contributed by atoms with Gasteiger partial charge in [-0.05, 0) is 36.9 Å². The highest BCUT2D eigenvalue weighted by molar-refractivity contribution is 7.12. The van der Waals surface area contributed by atoms with Crippen molar-refractivity contribution in [2.75, 3.05) is 38.0 Å². The van der Waals surface area contributed by atoms with Gasteiger partial charge in [0.1, 0.15) is 0 Å². The van der Waals surface area contributed by atoms with E-state index in [-0.39, 0.29) is 11.8 Å². The van der Waals surface area contributed by atoms with Crippen molar-refractivity contribution < 1.29 is 9.59 Å². The van der Waals surface area contributed by atoms with E-state index in [1.54, 1.807) is 0 Å². The maximum atomic E-state index is 12.3. The Morgan fingerprint density at radius 3 is 2.52 bits per heavy atom. The van der Waals surface area contributed by atoms with Gasteiger partial charge in [-0.15, -0.1) is 11.3 Å². The molecule has 2 aromatic rings. The van der Waals surface area contributed by atoms with Crippen molar-refractivity contribution in [1.29, 1.82) is 0 Å². The molecule has 1 aliphatic heterocycles. The van der Waals surface area contributed by atoms with Gasteiger partial charge in [-0.1, -0.05) is 23.8 Å². The van der Waals surface area contributed by atoms with E-state index in [1.807, 2.05) is 48.4 Å². The van der Waals surface area contributed by atoms with Crippen molar-refractivity contribution in [1.82, 2.24) is 9.80 Å². The molecule has 1 N–H and O–H groups in total. The van der Waals surface area contributed by atoms with E-state index >= 15 is 0 Å². The molecular formula is C19H23N3O2S. The normalized spacial score (nSPS) is 15.2. The standard InChI is InChI=1S/C19H23N3O2S/c1-14-5-6-16(15(2)12-14)20-18(23)13-21-7-9-22(10-8-21)19(24)17-4-3-11-25-17/h3-6,11-12H,7-10,13H2,1-2H3,(H,20,23). The largest absolute Gasteiger partial charge is 0.335 e. The van der Waals surface area contributed by atoms with Crippen molar-refractivity contribution in [2.24, 2.45) is 0 Å². The first kappa shape index (κ1) is 17.6. The lowest BCUT2D eigenvalue weighted by molar-refractivity contribution is -0.117. The molecule has 0 unspecified atom stereocenters. The van der Waals surface area contributed by atoms with E-state index in [2.05, 4.69) is 16.3 Å². The van der Waals surface area contributed by atoms with Gasteiger partial charge in [0, 0.05) is 31.9 Å². The lowest BCUT2D eigenvalue weighted by atomic mass is 10.1. The van der Waals surface area contributed by atoms with Crippen LogP contribution in [0.2, 0.25) is 0 Å². The quantitative estimate of drug-likeness (QED) is 0.915. The Labute approximate surface area is 152 Å². The molecule has 0 saturated carbocycles. The molecule has 0 spiro atoms. The summed E-state index contributed by atoms with van der Waals surface area (Å²) in [5.74, 6) is 0.0827. The molecule has 0 radical (unpaired) electrons. The number of amides is 2. The molecule has 0 bridgehead atoms. The summed E-state index contributed by atoms with van der Waals surface area (Å²) in [6, 6.07) is 9.75. The molecule has 25 heavy (non-hydrogen) atoms. The smallest absolute Gasteiger partial charge is 0.264 e. The summed E-state index contributed by atoms with van der Waals surface area (Å²) in [5.41, 5.74) is 3.11. The molecule has 1 aromatic heterocycles. The van der Waals surface area contributed by atoms with Gasteiger partial charge in [0.2, 0.25) is 5.91 Å². The summed E-state index contributed by atoms with van der Waals surface area (Å²) in [6.07, 6.45) is 0. The highest BCUT2D eigenvalue weighted by atomic mass is 32.1. The van der Waals surface area contributed by atoms with E-state index in [4.69, 9.17) is 0 Å². The zero-order valence-electron chi connectivity index (χ0n) is 14.6. The number of nitrogens with zero attached hydrogens (tertiary/aromatic N) is 2. The average Bonchev–Trinajstić information content (AvgIpc) is 3.12. The van der Waals surface area contributed by atoms with Gasteiger partial charge in [-0.3, -0.25) is 14.5 Å². The zero-order chi connectivity index (χ0) is 17.8. The fourth-order valence-corrected chi connectivity index (χ4v) is 3.70. The Morgan fingerprint density at radius 1 is 1.12 bits per heavy atom. The van der Waals surface area contributed by atoms with Gasteiger partial charge >= 0.3 is 0 Å². The molecule has 132 valence electrons. The summed E-state index contributed by atoms with van der Waals surface area (Å²) in [7, 11) is 0. The Balaban J connectivity index is 1.48. The first-order chi connectivity index (χ1) is 12.0. The van der Waals surface area contributed by atoms with Crippen LogP contribution in [0, 0.1) is 13.8 Å². The number of piperazine rings is 1. The second-order valence-corrected chi connectivity index (χ2v) is 7.36. The highest BCUT2D eigenvalue weighted by Gasteiger charge is 2.23. The zero-order valence-corrected chi connectivity index (χ0v) is 15.4. The molecular weight excluding hydrogens is 334 g/mol. The van der Waals surface area contributed by atoms with Crippen molar-refractivity contribution in [2.45, 2.75) is 13.8 Å². The van der Waals surface area contributed by atoms with Crippen molar-refractivity contribution >= 4 is 28.8 Å². The Bertz CT molecular complexity index is 750. The summed E-state index contributed by atoms with van der Waals surface area (Å²) in [4.78, 5) is 29.4. The van der Waals surface area contributed by atoms with Gasteiger partial charge in [0.25, 0.3) is 5.91 Å². The molecule has 3 rings (SSSR count). The molecule has 6 heteroatoms. The Hall–Kier alpha value is -2.18. The SMILES string of the molecule is Cc1ccc(NC(=O)CN2CCN(C(=O)c3cccs3)CC2)c(C)c1. The van der Waals surface area contributed by atoms with E-state index in [0.29, 0.717) is 19.6 Å². The van der Waals surface area contributed by atoms with Crippen LogP contribution in [0.4, 0.5) is 5.69 Å². The summed E-state index contributed by atoms with van der Waals surface area (Å²) in [5, 5.41) is 4.90. The number of carbonyl (C=O) groups is 2. The third kappa shape index (κ3) is 4.46. The molecule has 0 atom stereocenters. The number of benzene rings is 1. The summed E-state index contributed by atoms with van der Waals surface area (Å²) in [6.45, 7) is 7.15. The number of rotatable bonds is 4. The Morgan fingerprint density at radius 2 is 1.88 bits per heavy atom. The van der Waals surface area contributed by atoms with Gasteiger partial charge in [-0.25, -0.2) is 0 Å². The number of carbonyl (C=O) groups excluding carboxylic acids is 2. The summed E-state index contributed by atoms with van der Waals surface area (Å²) >= 11 is 1.47. The van der Waals surface area contributed by atoms with Gasteiger partial charge in [0.05, 0.1) is 11.4 Å². The molecule has 5 nitrogen and oxygen atoms in total. The lowest BCUT2D eigenvalue weighted by Gasteiger charge is -2.34. The number of anilines is 1. The van der Waals surface area contributed by atoms with Gasteiger partial charge < -0.3 is 10.2 Å². The first-order valence-corrected chi connectivity index (χ1v) is 9.33. The molecule has 1 fully saturated rings. The molecule has 1 saturated heterocycles. The topological polar surface area (TPSA) is 52.7 Å². The Kier molecular flexibility index (Phi) is 5.50. The molecule has 1 aliphatic rings. The lowest BCUT2D eigenvalue weighted by Crippen LogP contribution is -2.50. The highest BCUT2D eigenvalue weighted by Crippen LogP contribution is 2.16. The van der Waals surface area contributed by atoms with Crippen molar-refractivity contribution in [3.63, 3.8) is 0 Å². The number of hydrogen-bond acceptors (Lipinski definition) is 4. The number of nitrogens with one attached hydrogen (secondary N) is 1. The predicted molar refractivity (Wildman–Crippen MR) is 101 cm³/mol. The first-order valence-electron chi connectivity index (χ1n) is 8.45. The van der Waals surface area contributed by atoms with E-state index < -0.39 is 0 Å². The molecule has 1 aromatic carbocycles. The van der Waals surface area contributed by atoms with Crippen LogP contribution in [-0.4, -0.2) is 54.3 Å². The van der Waals surface area contributed by atoms with Gasteiger partial charge in [-0.2, -0.15) is 0 Å². The maximum absolute atomic E-state index is 12.3. The van der Waals surface area contributed by atoms with Crippen LogP contribution in [0.15, 0.2) is 35.7 Å². The molecule has 0 aliphatic carbocycles. The fraction of sp³-hybridized carbons (Fsp3) is 0.368. The van der Waals surface area contributed by atoms with Crippen LogP contribution in [0.3, 0.4) is 0 Å². The number of aryl methyl sites for hydroxylation is 2. The van der Waals surface area contributed by atoms with Crippen LogP contribution >= 0.6 is 11.3 Å². The van der Waals surface area contributed by atoms with Crippen LogP contribution in [0.5, 0.6) is 0 Å². The number of hydrogen-bond donors (Lipinski definition) is 1. The van der Waals surface area contributed by atoms with Crippen LogP contribution in [0.25, 0.3) is 0 Å². The summed E-state index contributed by atoms with van der Waals surface area (Å²) < 4.78 is 0. The average molecular weight is 357 g/mol. The third-order valence-electron chi connectivity index (χ3n) is 4.41. The van der Waals surface area contributed by atoms with Crippen molar-refractivity contribution in [3.8, 4) is 0 Å². The second kappa shape index (κ2) is 7.80. The minimum atomic E-state index is -0.00927. The van der Waals surface area contributed by atoms with Gasteiger partial charge in [0.15, 0.2) is 0 Å². The number of thiophene rings is 1. The van der Waals surface area contributed by atoms with Crippen LogP contribution in [0.1, 0.15) is 20.8 Å².